The van der Waals surface area contributed by atoms with Crippen LogP contribution in [0.5, 0.6) is 11.5 Å². The first-order chi connectivity index (χ1) is 14.0. The minimum absolute atomic E-state index is 0.0452. The van der Waals surface area contributed by atoms with E-state index in [1.807, 2.05) is 18.2 Å². The van der Waals surface area contributed by atoms with Crippen LogP contribution in [-0.2, 0) is 9.53 Å². The number of carbonyl (C=O) groups excluding carboxylic acids is 1. The molecule has 3 rings (SSSR count). The van der Waals surface area contributed by atoms with Crippen molar-refractivity contribution in [2.75, 3.05) is 19.5 Å². The van der Waals surface area contributed by atoms with Crippen LogP contribution in [0.4, 0.5) is 5.69 Å². The maximum absolute atomic E-state index is 13.2. The molecule has 148 valence electrons. The minimum Gasteiger partial charge on any atom is -0.493 e. The van der Waals surface area contributed by atoms with Gasteiger partial charge in [-0.25, -0.2) is 0 Å². The van der Waals surface area contributed by atoms with Gasteiger partial charge >= 0.3 is 0 Å². The first-order valence-corrected chi connectivity index (χ1v) is 8.87. The number of para-hydroxylation sites is 2. The highest BCUT2D eigenvalue weighted by Gasteiger charge is 2.37. The standard InChI is InChI=1S/C22H21N3O4/c1-13-18(22(26)25-14-8-5-4-6-9-14)19(16(12-23)21(24)29-13)15-10-7-11-17(27-2)20(15)28-3/h4-11,19H,24H2,1-3H3,(H,25,26)/t19-/m0/s1. The van der Waals surface area contributed by atoms with Crippen LogP contribution in [0, 0.1) is 11.3 Å². The van der Waals surface area contributed by atoms with E-state index in [0.29, 0.717) is 28.5 Å². The van der Waals surface area contributed by atoms with Gasteiger partial charge in [-0.1, -0.05) is 30.3 Å². The number of benzene rings is 2. The van der Waals surface area contributed by atoms with Crippen molar-refractivity contribution in [3.63, 3.8) is 0 Å². The van der Waals surface area contributed by atoms with E-state index in [9.17, 15) is 10.1 Å². The number of ether oxygens (including phenoxy) is 3. The van der Waals surface area contributed by atoms with E-state index >= 15 is 0 Å². The first-order valence-electron chi connectivity index (χ1n) is 8.87. The van der Waals surface area contributed by atoms with Crippen LogP contribution < -0.4 is 20.5 Å². The Morgan fingerprint density at radius 2 is 1.86 bits per heavy atom. The summed E-state index contributed by atoms with van der Waals surface area (Å²) < 4.78 is 16.4. The number of hydrogen-bond acceptors (Lipinski definition) is 6. The topological polar surface area (TPSA) is 107 Å². The van der Waals surface area contributed by atoms with Crippen molar-refractivity contribution in [2.45, 2.75) is 12.8 Å². The van der Waals surface area contributed by atoms with Crippen molar-refractivity contribution in [1.82, 2.24) is 0 Å². The molecule has 0 aromatic heterocycles. The van der Waals surface area contributed by atoms with E-state index in [1.165, 1.54) is 14.2 Å². The van der Waals surface area contributed by atoms with Crippen LogP contribution in [0.2, 0.25) is 0 Å². The Morgan fingerprint density at radius 3 is 2.48 bits per heavy atom. The van der Waals surface area contributed by atoms with Crippen molar-refractivity contribution in [2.24, 2.45) is 5.73 Å². The number of amides is 1. The fourth-order valence-corrected chi connectivity index (χ4v) is 3.35. The third kappa shape index (κ3) is 3.73. The van der Waals surface area contributed by atoms with Crippen molar-refractivity contribution in [3.05, 3.63) is 76.9 Å². The van der Waals surface area contributed by atoms with E-state index in [2.05, 4.69) is 11.4 Å². The zero-order chi connectivity index (χ0) is 21.0. The van der Waals surface area contributed by atoms with Crippen LogP contribution in [0.3, 0.4) is 0 Å². The number of nitrogens with zero attached hydrogens (tertiary/aromatic N) is 1. The van der Waals surface area contributed by atoms with Gasteiger partial charge < -0.3 is 25.3 Å². The molecule has 0 bridgehead atoms. The summed E-state index contributed by atoms with van der Waals surface area (Å²) in [4.78, 5) is 13.2. The summed E-state index contributed by atoms with van der Waals surface area (Å²) in [6, 6.07) is 16.4. The SMILES string of the molecule is COc1cccc([C@H]2C(C#N)=C(N)OC(C)=C2C(=O)Nc2ccccc2)c1OC. The summed E-state index contributed by atoms with van der Waals surface area (Å²) in [5, 5.41) is 12.6. The third-order valence-corrected chi connectivity index (χ3v) is 4.63. The lowest BCUT2D eigenvalue weighted by atomic mass is 9.82. The summed E-state index contributed by atoms with van der Waals surface area (Å²) in [5.74, 6) is -0.0136. The number of hydrogen-bond donors (Lipinski definition) is 2. The Morgan fingerprint density at radius 1 is 1.14 bits per heavy atom. The van der Waals surface area contributed by atoms with E-state index in [-0.39, 0.29) is 17.0 Å². The van der Waals surface area contributed by atoms with Gasteiger partial charge in [0.1, 0.15) is 17.4 Å². The van der Waals surface area contributed by atoms with Gasteiger partial charge in [-0.3, -0.25) is 4.79 Å². The summed E-state index contributed by atoms with van der Waals surface area (Å²) in [6.45, 7) is 1.64. The molecule has 0 aliphatic carbocycles. The number of nitriles is 1. The van der Waals surface area contributed by atoms with Gasteiger partial charge in [0.15, 0.2) is 11.5 Å². The number of anilines is 1. The third-order valence-electron chi connectivity index (χ3n) is 4.63. The van der Waals surface area contributed by atoms with Crippen LogP contribution in [-0.4, -0.2) is 20.1 Å². The summed E-state index contributed by atoms with van der Waals surface area (Å²) in [5.41, 5.74) is 7.57. The van der Waals surface area contributed by atoms with Gasteiger partial charge in [-0.05, 0) is 25.1 Å². The molecule has 0 saturated carbocycles. The molecule has 0 saturated heterocycles. The molecule has 0 unspecified atom stereocenters. The van der Waals surface area contributed by atoms with E-state index < -0.39 is 11.8 Å². The Kier molecular flexibility index (Phi) is 5.74. The summed E-state index contributed by atoms with van der Waals surface area (Å²) in [7, 11) is 3.02. The predicted molar refractivity (Wildman–Crippen MR) is 108 cm³/mol. The highest BCUT2D eigenvalue weighted by atomic mass is 16.5. The van der Waals surface area contributed by atoms with Gasteiger partial charge in [-0.2, -0.15) is 5.26 Å². The van der Waals surface area contributed by atoms with E-state index in [1.54, 1.807) is 37.3 Å². The van der Waals surface area contributed by atoms with Gasteiger partial charge in [0.05, 0.1) is 25.7 Å². The molecule has 0 fully saturated rings. The van der Waals surface area contributed by atoms with Crippen molar-refractivity contribution in [3.8, 4) is 17.6 Å². The first kappa shape index (κ1) is 19.8. The van der Waals surface area contributed by atoms with Gasteiger partial charge in [0.2, 0.25) is 5.88 Å². The fourth-order valence-electron chi connectivity index (χ4n) is 3.35. The number of methoxy groups -OCH3 is 2. The van der Waals surface area contributed by atoms with Crippen molar-refractivity contribution < 1.29 is 19.0 Å². The number of rotatable bonds is 5. The molecule has 1 amide bonds. The monoisotopic (exact) mass is 391 g/mol. The molecule has 3 N–H and O–H groups in total. The second-order valence-corrected chi connectivity index (χ2v) is 6.30. The Labute approximate surface area is 169 Å². The summed E-state index contributed by atoms with van der Waals surface area (Å²) >= 11 is 0. The zero-order valence-corrected chi connectivity index (χ0v) is 16.4. The largest absolute Gasteiger partial charge is 0.493 e. The average molecular weight is 391 g/mol. The zero-order valence-electron chi connectivity index (χ0n) is 16.4. The molecule has 1 aliphatic rings. The number of carbonyl (C=O) groups is 1. The molecule has 7 heteroatoms. The van der Waals surface area contributed by atoms with Crippen molar-refractivity contribution in [1.29, 1.82) is 5.26 Å². The molecule has 0 spiro atoms. The lowest BCUT2D eigenvalue weighted by Crippen LogP contribution is -2.28. The lowest BCUT2D eigenvalue weighted by molar-refractivity contribution is -0.113. The second kappa shape index (κ2) is 8.40. The maximum atomic E-state index is 13.2. The van der Waals surface area contributed by atoms with E-state index in [4.69, 9.17) is 19.9 Å². The number of nitrogens with one attached hydrogen (secondary N) is 1. The van der Waals surface area contributed by atoms with Gasteiger partial charge in [-0.15, -0.1) is 0 Å². The van der Waals surface area contributed by atoms with Crippen LogP contribution in [0.25, 0.3) is 0 Å². The Hall–Kier alpha value is -3.92. The molecule has 7 nitrogen and oxygen atoms in total. The van der Waals surface area contributed by atoms with Crippen LogP contribution in [0.15, 0.2) is 71.3 Å². The number of nitrogens with two attached hydrogens (primary N) is 1. The molecule has 1 atom stereocenters. The van der Waals surface area contributed by atoms with Crippen LogP contribution in [0.1, 0.15) is 18.4 Å². The maximum Gasteiger partial charge on any atom is 0.255 e. The predicted octanol–water partition coefficient (Wildman–Crippen LogP) is 3.42. The molecular formula is C22H21N3O4. The van der Waals surface area contributed by atoms with E-state index in [0.717, 1.165) is 0 Å². The molecule has 2 aromatic carbocycles. The highest BCUT2D eigenvalue weighted by molar-refractivity contribution is 6.06. The normalized spacial score (nSPS) is 16.0. The van der Waals surface area contributed by atoms with Crippen LogP contribution >= 0.6 is 0 Å². The summed E-state index contributed by atoms with van der Waals surface area (Å²) in [6.07, 6.45) is 0. The molecule has 0 radical (unpaired) electrons. The molecular weight excluding hydrogens is 370 g/mol. The molecule has 1 heterocycles. The lowest BCUT2D eigenvalue weighted by Gasteiger charge is -2.28. The van der Waals surface area contributed by atoms with Crippen molar-refractivity contribution >= 4 is 11.6 Å². The quantitative estimate of drug-likeness (QED) is 0.809. The average Bonchev–Trinajstić information content (AvgIpc) is 2.73. The van der Waals surface area contributed by atoms with Gasteiger partial charge in [0, 0.05) is 11.3 Å². The Bertz CT molecular complexity index is 1040. The smallest absolute Gasteiger partial charge is 0.255 e. The fraction of sp³-hybridized carbons (Fsp3) is 0.182. The van der Waals surface area contributed by atoms with Gasteiger partial charge in [0.25, 0.3) is 5.91 Å². The molecule has 1 aliphatic heterocycles. The number of allylic oxidation sites excluding steroid dienone is 2. The Balaban J connectivity index is 2.15. The highest BCUT2D eigenvalue weighted by Crippen LogP contribution is 2.45. The minimum atomic E-state index is -0.775. The molecule has 29 heavy (non-hydrogen) atoms. The second-order valence-electron chi connectivity index (χ2n) is 6.30. The molecule has 2 aromatic rings.